The van der Waals surface area contributed by atoms with Crippen LogP contribution in [0.1, 0.15) is 48.2 Å². The SMILES string of the molecule is COc1cc(O)c2c(c1)[C@@H](O)[C@@H]1CC[C@@H](O1)[C@H](O)C=CC[C@H](C)OC2=O. The highest BCUT2D eigenvalue weighted by Gasteiger charge is 2.37. The Bertz CT molecular complexity index is 699. The predicted molar refractivity (Wildman–Crippen MR) is 92.2 cm³/mol. The third-order valence-electron chi connectivity index (χ3n) is 4.81. The standard InChI is InChI=1S/C19H24O7/c1-10-4-3-5-13(20)15-6-7-16(26-15)18(22)12-8-11(24-2)9-14(21)17(12)19(23)25-10/h3,5,8-10,13,15-16,18,20-22H,4,6-7H2,1-2H3/t10-,13+,15+,16-,18+/m0/s1. The van der Waals surface area contributed by atoms with Crippen molar-refractivity contribution in [1.82, 2.24) is 0 Å². The van der Waals surface area contributed by atoms with Crippen molar-refractivity contribution in [2.45, 2.75) is 56.7 Å². The van der Waals surface area contributed by atoms with Crippen LogP contribution in [0.3, 0.4) is 0 Å². The molecule has 7 nitrogen and oxygen atoms in total. The Morgan fingerprint density at radius 1 is 1.19 bits per heavy atom. The fourth-order valence-corrected chi connectivity index (χ4v) is 3.39. The van der Waals surface area contributed by atoms with Gasteiger partial charge < -0.3 is 29.5 Å². The smallest absolute Gasteiger partial charge is 0.342 e. The third-order valence-corrected chi connectivity index (χ3v) is 4.81. The molecular weight excluding hydrogens is 340 g/mol. The molecule has 3 N–H and O–H groups in total. The summed E-state index contributed by atoms with van der Waals surface area (Å²) >= 11 is 0. The highest BCUT2D eigenvalue weighted by molar-refractivity contribution is 5.94. The maximum absolute atomic E-state index is 12.6. The van der Waals surface area contributed by atoms with E-state index in [1.54, 1.807) is 19.1 Å². The van der Waals surface area contributed by atoms with Crippen LogP contribution in [0.4, 0.5) is 0 Å². The number of hydrogen-bond donors (Lipinski definition) is 3. The van der Waals surface area contributed by atoms with E-state index in [0.29, 0.717) is 25.0 Å². The van der Waals surface area contributed by atoms with Crippen LogP contribution in [0.25, 0.3) is 0 Å². The molecule has 0 aromatic heterocycles. The Morgan fingerprint density at radius 3 is 2.65 bits per heavy atom. The summed E-state index contributed by atoms with van der Waals surface area (Å²) in [6, 6.07) is 2.80. The minimum atomic E-state index is -1.17. The van der Waals surface area contributed by atoms with Crippen LogP contribution in [0.5, 0.6) is 11.5 Å². The summed E-state index contributed by atoms with van der Waals surface area (Å²) in [6.07, 6.45) is 1.39. The number of carbonyl (C=O) groups excluding carboxylic acids is 1. The van der Waals surface area contributed by atoms with Crippen molar-refractivity contribution in [3.05, 3.63) is 35.4 Å². The average Bonchev–Trinajstić information content (AvgIpc) is 3.09. The van der Waals surface area contributed by atoms with E-state index in [9.17, 15) is 20.1 Å². The molecule has 1 aromatic carbocycles. The fourth-order valence-electron chi connectivity index (χ4n) is 3.39. The van der Waals surface area contributed by atoms with Crippen molar-refractivity contribution in [3.8, 4) is 11.5 Å². The average molecular weight is 364 g/mol. The van der Waals surface area contributed by atoms with Gasteiger partial charge >= 0.3 is 5.97 Å². The molecule has 2 aliphatic rings. The summed E-state index contributed by atoms with van der Waals surface area (Å²) in [5.41, 5.74) is 0.0902. The number of hydrogen-bond acceptors (Lipinski definition) is 7. The van der Waals surface area contributed by atoms with Gasteiger partial charge in [-0.3, -0.25) is 0 Å². The van der Waals surface area contributed by atoms with Crippen LogP contribution in [0.15, 0.2) is 24.3 Å². The molecule has 2 heterocycles. The van der Waals surface area contributed by atoms with E-state index in [1.807, 2.05) is 0 Å². The molecule has 0 aliphatic carbocycles. The molecule has 0 saturated carbocycles. The highest BCUT2D eigenvalue weighted by atomic mass is 16.5. The van der Waals surface area contributed by atoms with Gasteiger partial charge in [-0.2, -0.15) is 0 Å². The van der Waals surface area contributed by atoms with Gasteiger partial charge in [-0.05, 0) is 25.8 Å². The lowest BCUT2D eigenvalue weighted by Gasteiger charge is -2.23. The summed E-state index contributed by atoms with van der Waals surface area (Å²) in [7, 11) is 1.43. The number of phenols is 1. The second-order valence-corrected chi connectivity index (χ2v) is 6.72. The first-order valence-corrected chi connectivity index (χ1v) is 8.70. The van der Waals surface area contributed by atoms with Crippen LogP contribution in [-0.2, 0) is 9.47 Å². The van der Waals surface area contributed by atoms with Crippen LogP contribution in [-0.4, -0.2) is 52.8 Å². The number of methoxy groups -OCH3 is 1. The van der Waals surface area contributed by atoms with Crippen molar-refractivity contribution < 1.29 is 34.3 Å². The molecule has 3 rings (SSSR count). The number of fused-ring (bicyclic) bond motifs is 3. The van der Waals surface area contributed by atoms with Crippen molar-refractivity contribution in [2.75, 3.05) is 7.11 Å². The Hall–Kier alpha value is -2.09. The molecule has 142 valence electrons. The van der Waals surface area contributed by atoms with Crippen molar-refractivity contribution in [2.24, 2.45) is 0 Å². The first-order chi connectivity index (χ1) is 12.4. The molecule has 0 radical (unpaired) electrons. The molecule has 5 atom stereocenters. The molecule has 26 heavy (non-hydrogen) atoms. The molecule has 7 heteroatoms. The van der Waals surface area contributed by atoms with E-state index in [-0.39, 0.29) is 16.9 Å². The van der Waals surface area contributed by atoms with E-state index >= 15 is 0 Å². The van der Waals surface area contributed by atoms with E-state index < -0.39 is 36.5 Å². The Balaban J connectivity index is 2.05. The number of ether oxygens (including phenoxy) is 3. The molecule has 0 spiro atoms. The van der Waals surface area contributed by atoms with E-state index in [0.717, 1.165) is 0 Å². The lowest BCUT2D eigenvalue weighted by Crippen LogP contribution is -2.27. The summed E-state index contributed by atoms with van der Waals surface area (Å²) in [5.74, 6) is -0.744. The van der Waals surface area contributed by atoms with Crippen molar-refractivity contribution >= 4 is 5.97 Å². The number of aliphatic hydroxyl groups is 2. The molecule has 2 aliphatic heterocycles. The van der Waals surface area contributed by atoms with Crippen molar-refractivity contribution in [3.63, 3.8) is 0 Å². The quantitative estimate of drug-likeness (QED) is 0.516. The summed E-state index contributed by atoms with van der Waals surface area (Å²) < 4.78 is 16.3. The minimum Gasteiger partial charge on any atom is -0.507 e. The maximum Gasteiger partial charge on any atom is 0.342 e. The first kappa shape index (κ1) is 18.7. The lowest BCUT2D eigenvalue weighted by atomic mass is 9.95. The van der Waals surface area contributed by atoms with Crippen LogP contribution in [0, 0.1) is 0 Å². The summed E-state index contributed by atoms with van der Waals surface area (Å²) in [6.45, 7) is 1.72. The molecule has 0 unspecified atom stereocenters. The lowest BCUT2D eigenvalue weighted by molar-refractivity contribution is -0.0652. The topological polar surface area (TPSA) is 105 Å². The zero-order valence-electron chi connectivity index (χ0n) is 14.8. The highest BCUT2D eigenvalue weighted by Crippen LogP contribution is 2.38. The molecule has 0 amide bonds. The number of benzene rings is 1. The van der Waals surface area contributed by atoms with E-state index in [2.05, 4.69) is 0 Å². The van der Waals surface area contributed by atoms with Gasteiger partial charge in [0.05, 0.1) is 25.4 Å². The van der Waals surface area contributed by atoms with E-state index in [1.165, 1.54) is 19.2 Å². The van der Waals surface area contributed by atoms with Crippen LogP contribution >= 0.6 is 0 Å². The van der Waals surface area contributed by atoms with Crippen LogP contribution in [0.2, 0.25) is 0 Å². The molecule has 2 bridgehead atoms. The predicted octanol–water partition coefficient (Wildman–Crippen LogP) is 1.85. The first-order valence-electron chi connectivity index (χ1n) is 8.70. The number of carbonyl (C=O) groups is 1. The van der Waals surface area contributed by atoms with Crippen LogP contribution < -0.4 is 4.74 Å². The molecular formula is C19H24O7. The molecule has 1 fully saturated rings. The minimum absolute atomic E-state index is 0.0963. The van der Waals surface area contributed by atoms with Gasteiger partial charge in [0.2, 0.25) is 0 Å². The largest absolute Gasteiger partial charge is 0.507 e. The van der Waals surface area contributed by atoms with Gasteiger partial charge in [0, 0.05) is 18.1 Å². The number of esters is 1. The fraction of sp³-hybridized carbons (Fsp3) is 0.526. The Kier molecular flexibility index (Phi) is 5.50. The molecule has 1 saturated heterocycles. The van der Waals surface area contributed by atoms with Gasteiger partial charge in [0.15, 0.2) is 0 Å². The van der Waals surface area contributed by atoms with Gasteiger partial charge in [-0.25, -0.2) is 4.79 Å². The number of rotatable bonds is 1. The number of aliphatic hydroxyl groups excluding tert-OH is 2. The number of phenolic OH excluding ortho intramolecular Hbond substituents is 1. The van der Waals surface area contributed by atoms with Gasteiger partial charge in [-0.1, -0.05) is 12.2 Å². The zero-order chi connectivity index (χ0) is 18.8. The van der Waals surface area contributed by atoms with Gasteiger partial charge in [-0.15, -0.1) is 0 Å². The second-order valence-electron chi connectivity index (χ2n) is 6.72. The monoisotopic (exact) mass is 364 g/mol. The van der Waals surface area contributed by atoms with Gasteiger partial charge in [0.1, 0.15) is 29.3 Å². The summed E-state index contributed by atoms with van der Waals surface area (Å²) in [4.78, 5) is 12.6. The van der Waals surface area contributed by atoms with Crippen molar-refractivity contribution in [1.29, 1.82) is 0 Å². The number of cyclic esters (lactones) is 1. The summed E-state index contributed by atoms with van der Waals surface area (Å²) in [5, 5.41) is 31.4. The van der Waals surface area contributed by atoms with E-state index in [4.69, 9.17) is 14.2 Å². The zero-order valence-corrected chi connectivity index (χ0v) is 14.8. The Morgan fingerprint density at radius 2 is 1.92 bits per heavy atom. The second kappa shape index (κ2) is 7.65. The number of aromatic hydroxyl groups is 1. The maximum atomic E-state index is 12.6. The molecule has 1 aromatic rings. The normalized spacial score (nSPS) is 32.0. The van der Waals surface area contributed by atoms with Gasteiger partial charge in [0.25, 0.3) is 0 Å². The Labute approximate surface area is 151 Å². The third kappa shape index (κ3) is 3.70.